The van der Waals surface area contributed by atoms with Crippen LogP contribution >= 0.6 is 0 Å². The molecular formula is C35H36N2O2. The molecule has 0 bridgehead atoms. The fraction of sp³-hybridized carbons (Fsp3) is 0.257. The molecule has 4 heteroatoms. The molecule has 4 nitrogen and oxygen atoms in total. The molecule has 0 saturated carbocycles. The zero-order chi connectivity index (χ0) is 26.9. The van der Waals surface area contributed by atoms with E-state index in [-0.39, 0.29) is 23.7 Å². The summed E-state index contributed by atoms with van der Waals surface area (Å²) < 4.78 is 0. The Morgan fingerprint density at radius 2 is 0.744 bits per heavy atom. The summed E-state index contributed by atoms with van der Waals surface area (Å²) in [5.74, 6) is 0.318. The third-order valence-corrected chi connectivity index (χ3v) is 7.77. The van der Waals surface area contributed by atoms with Crippen molar-refractivity contribution < 1.29 is 9.59 Å². The molecule has 1 saturated heterocycles. The molecular weight excluding hydrogens is 480 g/mol. The van der Waals surface area contributed by atoms with Crippen molar-refractivity contribution in [1.29, 1.82) is 0 Å². The van der Waals surface area contributed by atoms with Crippen molar-refractivity contribution in [2.24, 2.45) is 0 Å². The maximum Gasteiger partial charge on any atom is 0.223 e. The minimum Gasteiger partial charge on any atom is -0.341 e. The van der Waals surface area contributed by atoms with Crippen molar-refractivity contribution in [3.05, 3.63) is 144 Å². The second-order valence-electron chi connectivity index (χ2n) is 10.3. The summed E-state index contributed by atoms with van der Waals surface area (Å²) in [4.78, 5) is 31.0. The van der Waals surface area contributed by atoms with E-state index in [0.717, 1.165) is 28.7 Å². The average Bonchev–Trinajstić information content (AvgIpc) is 3.27. The molecule has 198 valence electrons. The summed E-state index contributed by atoms with van der Waals surface area (Å²) in [6.45, 7) is 2.50. The first-order chi connectivity index (χ1) is 19.2. The Morgan fingerprint density at radius 1 is 0.462 bits per heavy atom. The zero-order valence-corrected chi connectivity index (χ0v) is 22.4. The summed E-state index contributed by atoms with van der Waals surface area (Å²) >= 11 is 0. The van der Waals surface area contributed by atoms with Crippen LogP contribution in [0.2, 0.25) is 0 Å². The van der Waals surface area contributed by atoms with Crippen molar-refractivity contribution in [3.63, 3.8) is 0 Å². The van der Waals surface area contributed by atoms with Gasteiger partial charge in [-0.1, -0.05) is 121 Å². The van der Waals surface area contributed by atoms with Crippen LogP contribution in [0.25, 0.3) is 0 Å². The summed E-state index contributed by atoms with van der Waals surface area (Å²) in [7, 11) is 0. The molecule has 4 aromatic rings. The quantitative estimate of drug-likeness (QED) is 0.269. The predicted octanol–water partition coefficient (Wildman–Crippen LogP) is 6.49. The highest BCUT2D eigenvalue weighted by Crippen LogP contribution is 2.30. The van der Waals surface area contributed by atoms with Crippen molar-refractivity contribution in [3.8, 4) is 0 Å². The van der Waals surface area contributed by atoms with Crippen LogP contribution < -0.4 is 0 Å². The van der Waals surface area contributed by atoms with E-state index < -0.39 is 0 Å². The van der Waals surface area contributed by atoms with E-state index in [1.165, 1.54) is 0 Å². The molecule has 4 aromatic carbocycles. The second kappa shape index (κ2) is 13.1. The minimum atomic E-state index is 0.0124. The van der Waals surface area contributed by atoms with Gasteiger partial charge >= 0.3 is 0 Å². The Kier molecular flexibility index (Phi) is 8.85. The van der Waals surface area contributed by atoms with Gasteiger partial charge in [-0.3, -0.25) is 9.59 Å². The SMILES string of the molecule is O=C(CC(c1ccccc1)c1ccccc1)N1CCCN(C(=O)CC(c2ccccc2)c2ccccc2)CC1. The van der Waals surface area contributed by atoms with E-state index in [9.17, 15) is 9.59 Å². The molecule has 5 rings (SSSR count). The molecule has 1 heterocycles. The third kappa shape index (κ3) is 6.83. The first kappa shape index (κ1) is 26.4. The fourth-order valence-electron chi connectivity index (χ4n) is 5.62. The van der Waals surface area contributed by atoms with Crippen LogP contribution in [-0.4, -0.2) is 47.8 Å². The average molecular weight is 517 g/mol. The number of hydrogen-bond donors (Lipinski definition) is 0. The van der Waals surface area contributed by atoms with Crippen LogP contribution in [0.1, 0.15) is 53.4 Å². The minimum absolute atomic E-state index is 0.0124. The van der Waals surface area contributed by atoms with E-state index in [1.807, 2.05) is 82.6 Å². The summed E-state index contributed by atoms with van der Waals surface area (Å²) in [6.07, 6.45) is 1.64. The van der Waals surface area contributed by atoms with Gasteiger partial charge in [0.05, 0.1) is 0 Å². The van der Waals surface area contributed by atoms with Crippen LogP contribution in [0.4, 0.5) is 0 Å². The van der Waals surface area contributed by atoms with Gasteiger partial charge in [-0.05, 0) is 28.7 Å². The van der Waals surface area contributed by atoms with Crippen molar-refractivity contribution in [1.82, 2.24) is 9.80 Å². The van der Waals surface area contributed by atoms with Crippen molar-refractivity contribution >= 4 is 11.8 Å². The van der Waals surface area contributed by atoms with Gasteiger partial charge in [0.1, 0.15) is 0 Å². The maximum absolute atomic E-state index is 13.6. The number of amides is 2. The molecule has 0 N–H and O–H groups in total. The molecule has 0 aromatic heterocycles. The van der Waals surface area contributed by atoms with Crippen molar-refractivity contribution in [2.45, 2.75) is 31.1 Å². The van der Waals surface area contributed by atoms with Gasteiger partial charge in [0, 0.05) is 50.9 Å². The number of carbonyl (C=O) groups excluding carboxylic acids is 2. The van der Waals surface area contributed by atoms with E-state index in [1.54, 1.807) is 0 Å². The summed E-state index contributed by atoms with van der Waals surface area (Å²) in [5.41, 5.74) is 4.60. The highest BCUT2D eigenvalue weighted by molar-refractivity contribution is 5.79. The second-order valence-corrected chi connectivity index (χ2v) is 10.3. The number of carbonyl (C=O) groups is 2. The lowest BCUT2D eigenvalue weighted by atomic mass is 9.88. The van der Waals surface area contributed by atoms with Crippen LogP contribution in [-0.2, 0) is 9.59 Å². The van der Waals surface area contributed by atoms with E-state index in [2.05, 4.69) is 48.5 Å². The fourth-order valence-corrected chi connectivity index (χ4v) is 5.62. The Balaban J connectivity index is 1.25. The molecule has 0 atom stereocenters. The molecule has 1 aliphatic heterocycles. The van der Waals surface area contributed by atoms with Gasteiger partial charge in [-0.15, -0.1) is 0 Å². The van der Waals surface area contributed by atoms with Crippen LogP contribution in [0, 0.1) is 0 Å². The standard InChI is InChI=1S/C35H36N2O2/c38-34(26-32(28-14-5-1-6-15-28)29-16-7-2-8-17-29)36-22-13-23-37(25-24-36)35(39)27-33(30-18-9-3-10-19-30)31-20-11-4-12-21-31/h1-12,14-21,32-33H,13,22-27H2. The van der Waals surface area contributed by atoms with Gasteiger partial charge in [-0.25, -0.2) is 0 Å². The molecule has 0 unspecified atom stereocenters. The Morgan fingerprint density at radius 3 is 1.03 bits per heavy atom. The Bertz CT molecular complexity index is 1140. The molecule has 0 spiro atoms. The Hall–Kier alpha value is -4.18. The summed E-state index contributed by atoms with van der Waals surface area (Å²) in [5, 5.41) is 0. The van der Waals surface area contributed by atoms with Gasteiger partial charge in [0.25, 0.3) is 0 Å². The van der Waals surface area contributed by atoms with Gasteiger partial charge in [0.15, 0.2) is 0 Å². The normalized spacial score (nSPS) is 13.9. The molecule has 1 aliphatic rings. The monoisotopic (exact) mass is 516 g/mol. The lowest BCUT2D eigenvalue weighted by Crippen LogP contribution is -2.38. The van der Waals surface area contributed by atoms with Crippen LogP contribution in [0.5, 0.6) is 0 Å². The summed E-state index contributed by atoms with van der Waals surface area (Å²) in [6, 6.07) is 41.1. The number of rotatable bonds is 8. The van der Waals surface area contributed by atoms with Gasteiger partial charge < -0.3 is 9.80 Å². The topological polar surface area (TPSA) is 40.6 Å². The third-order valence-electron chi connectivity index (χ3n) is 7.77. The number of nitrogens with zero attached hydrogens (tertiary/aromatic N) is 2. The predicted molar refractivity (Wildman–Crippen MR) is 156 cm³/mol. The molecule has 0 aliphatic carbocycles. The van der Waals surface area contributed by atoms with Crippen LogP contribution in [0.15, 0.2) is 121 Å². The van der Waals surface area contributed by atoms with E-state index in [0.29, 0.717) is 39.0 Å². The van der Waals surface area contributed by atoms with Crippen molar-refractivity contribution in [2.75, 3.05) is 26.2 Å². The largest absolute Gasteiger partial charge is 0.341 e. The smallest absolute Gasteiger partial charge is 0.223 e. The zero-order valence-electron chi connectivity index (χ0n) is 22.4. The van der Waals surface area contributed by atoms with Gasteiger partial charge in [-0.2, -0.15) is 0 Å². The first-order valence-corrected chi connectivity index (χ1v) is 13.9. The molecule has 39 heavy (non-hydrogen) atoms. The van der Waals surface area contributed by atoms with E-state index >= 15 is 0 Å². The first-order valence-electron chi connectivity index (χ1n) is 13.9. The lowest BCUT2D eigenvalue weighted by molar-refractivity contribution is -0.133. The molecule has 0 radical (unpaired) electrons. The van der Waals surface area contributed by atoms with Crippen LogP contribution in [0.3, 0.4) is 0 Å². The molecule has 1 fully saturated rings. The number of benzene rings is 4. The number of hydrogen-bond acceptors (Lipinski definition) is 2. The Labute approximate surface area is 231 Å². The highest BCUT2D eigenvalue weighted by atomic mass is 16.2. The van der Waals surface area contributed by atoms with Gasteiger partial charge in [0.2, 0.25) is 11.8 Å². The maximum atomic E-state index is 13.6. The molecule has 2 amide bonds. The van der Waals surface area contributed by atoms with E-state index in [4.69, 9.17) is 0 Å². The highest BCUT2D eigenvalue weighted by Gasteiger charge is 2.27. The lowest BCUT2D eigenvalue weighted by Gasteiger charge is -2.26.